The largest absolute Gasteiger partial charge is 0.365 e. The van der Waals surface area contributed by atoms with Gasteiger partial charge in [-0.3, -0.25) is 4.90 Å². The zero-order valence-corrected chi connectivity index (χ0v) is 18.5. The Morgan fingerprint density at radius 2 is 1.83 bits per heavy atom. The van der Waals surface area contributed by atoms with Gasteiger partial charge in [-0.15, -0.1) is 0 Å². The van der Waals surface area contributed by atoms with Gasteiger partial charge in [0.15, 0.2) is 11.6 Å². The van der Waals surface area contributed by atoms with Crippen molar-refractivity contribution in [1.82, 2.24) is 24.8 Å². The summed E-state index contributed by atoms with van der Waals surface area (Å²) in [7, 11) is 2.15. The number of benzene rings is 1. The predicted molar refractivity (Wildman–Crippen MR) is 119 cm³/mol. The van der Waals surface area contributed by atoms with E-state index in [0.717, 1.165) is 35.4 Å². The fourth-order valence-electron chi connectivity index (χ4n) is 4.54. The third-order valence-electron chi connectivity index (χ3n) is 6.25. The number of anilines is 3. The van der Waals surface area contributed by atoms with E-state index in [1.807, 2.05) is 25.1 Å². The first-order valence-electron chi connectivity index (χ1n) is 10.3. The summed E-state index contributed by atoms with van der Waals surface area (Å²) in [6, 6.07) is 5.89. The number of aryl methyl sites for hydroxylation is 1. The molecular formula is C22H30FN7. The topological polar surface area (TPSA) is 81.8 Å². The van der Waals surface area contributed by atoms with Crippen molar-refractivity contribution < 1.29 is 4.39 Å². The highest BCUT2D eigenvalue weighted by Gasteiger charge is 2.43. The van der Waals surface area contributed by atoms with E-state index < -0.39 is 5.82 Å². The number of nitrogens with zero attached hydrogens (tertiary/aromatic N) is 4. The molecule has 0 bridgehead atoms. The third-order valence-corrected chi connectivity index (χ3v) is 6.25. The predicted octanol–water partition coefficient (Wildman–Crippen LogP) is 4.61. The van der Waals surface area contributed by atoms with Gasteiger partial charge in [-0.25, -0.2) is 14.4 Å². The lowest BCUT2D eigenvalue weighted by atomic mass is 9.77. The lowest BCUT2D eigenvalue weighted by molar-refractivity contribution is -0.00778. The summed E-state index contributed by atoms with van der Waals surface area (Å²) in [5, 5.41) is 6.50. The number of rotatable bonds is 4. The highest BCUT2D eigenvalue weighted by Crippen LogP contribution is 2.38. The number of piperidine rings is 1. The molecule has 1 fully saturated rings. The summed E-state index contributed by atoms with van der Waals surface area (Å²) in [6.07, 6.45) is 3.01. The van der Waals surface area contributed by atoms with Gasteiger partial charge in [0.05, 0.1) is 17.2 Å². The van der Waals surface area contributed by atoms with Crippen LogP contribution in [0.15, 0.2) is 24.4 Å². The average Bonchev–Trinajstić information content (AvgIpc) is 3.01. The molecular weight excluding hydrogens is 381 g/mol. The van der Waals surface area contributed by atoms with Crippen LogP contribution in [-0.2, 0) is 0 Å². The fourth-order valence-corrected chi connectivity index (χ4v) is 4.54. The summed E-state index contributed by atoms with van der Waals surface area (Å²) in [5.41, 5.74) is 2.63. The van der Waals surface area contributed by atoms with Gasteiger partial charge in [0.25, 0.3) is 0 Å². The molecule has 0 spiro atoms. The van der Waals surface area contributed by atoms with E-state index in [1.54, 1.807) is 0 Å². The number of aromatic amines is 1. The highest BCUT2D eigenvalue weighted by molar-refractivity contribution is 5.80. The van der Waals surface area contributed by atoms with Crippen LogP contribution in [-0.4, -0.2) is 49.0 Å². The Balaban J connectivity index is 1.54. The van der Waals surface area contributed by atoms with Gasteiger partial charge in [0, 0.05) is 22.8 Å². The van der Waals surface area contributed by atoms with Crippen molar-refractivity contribution in [3.8, 4) is 0 Å². The molecule has 1 saturated heterocycles. The quantitative estimate of drug-likeness (QED) is 0.582. The lowest BCUT2D eigenvalue weighted by Crippen LogP contribution is -2.61. The van der Waals surface area contributed by atoms with Crippen LogP contribution >= 0.6 is 0 Å². The molecule has 1 aromatic carbocycles. The molecule has 0 unspecified atom stereocenters. The second-order valence-electron chi connectivity index (χ2n) is 9.50. The number of hydrogen-bond donors (Lipinski definition) is 3. The fraction of sp³-hybridized carbons (Fsp3) is 0.500. The molecule has 0 amide bonds. The number of likely N-dealkylation sites (tertiary alicyclic amines) is 1. The summed E-state index contributed by atoms with van der Waals surface area (Å²) in [4.78, 5) is 18.5. The second kappa shape index (κ2) is 7.19. The Hall–Kier alpha value is -2.74. The number of H-pyrrole nitrogens is 1. The van der Waals surface area contributed by atoms with E-state index >= 15 is 0 Å². The van der Waals surface area contributed by atoms with Crippen LogP contribution < -0.4 is 10.6 Å². The molecule has 8 heteroatoms. The number of nitrogens with one attached hydrogen (secondary N) is 3. The summed E-state index contributed by atoms with van der Waals surface area (Å²) in [6.45, 7) is 10.8. The third kappa shape index (κ3) is 3.96. The molecule has 0 radical (unpaired) electrons. The average molecular weight is 412 g/mol. The number of aromatic nitrogens is 4. The van der Waals surface area contributed by atoms with Crippen molar-refractivity contribution in [1.29, 1.82) is 0 Å². The van der Waals surface area contributed by atoms with Crippen molar-refractivity contribution in [3.05, 3.63) is 36.0 Å². The van der Waals surface area contributed by atoms with E-state index in [2.05, 4.69) is 70.2 Å². The van der Waals surface area contributed by atoms with Crippen molar-refractivity contribution >= 4 is 28.5 Å². The van der Waals surface area contributed by atoms with Crippen molar-refractivity contribution in [2.75, 3.05) is 17.7 Å². The molecule has 30 heavy (non-hydrogen) atoms. The molecule has 0 atom stereocenters. The first kappa shape index (κ1) is 20.5. The SMILES string of the molecule is Cc1nc2ccc(Nc3ncc(F)c(NC4CC(C)(C)N(C)C(C)(C)C4)n3)cc2[nH]1. The smallest absolute Gasteiger partial charge is 0.229 e. The molecule has 3 heterocycles. The molecule has 160 valence electrons. The van der Waals surface area contributed by atoms with E-state index in [-0.39, 0.29) is 22.9 Å². The zero-order valence-electron chi connectivity index (χ0n) is 18.5. The maximum atomic E-state index is 14.5. The highest BCUT2D eigenvalue weighted by atomic mass is 19.1. The molecule has 7 nitrogen and oxygen atoms in total. The number of hydrogen-bond acceptors (Lipinski definition) is 6. The minimum atomic E-state index is -0.449. The standard InChI is InChI=1S/C22H30FN7/c1-13-25-17-8-7-14(9-18(17)26-13)28-20-24-12-16(23)19(29-20)27-15-10-21(2,3)30(6)22(4,5)11-15/h7-9,12,15H,10-11H2,1-6H3,(H,25,26)(H2,24,27,28,29). The van der Waals surface area contributed by atoms with Crippen LogP contribution in [0.4, 0.5) is 21.8 Å². The maximum absolute atomic E-state index is 14.5. The maximum Gasteiger partial charge on any atom is 0.229 e. The van der Waals surface area contributed by atoms with Crippen LogP contribution in [0.5, 0.6) is 0 Å². The summed E-state index contributed by atoms with van der Waals surface area (Å²) >= 11 is 0. The Morgan fingerprint density at radius 3 is 2.53 bits per heavy atom. The Bertz CT molecular complexity index is 1050. The second-order valence-corrected chi connectivity index (χ2v) is 9.50. The van der Waals surface area contributed by atoms with Gasteiger partial charge in [0.1, 0.15) is 5.82 Å². The minimum Gasteiger partial charge on any atom is -0.365 e. The van der Waals surface area contributed by atoms with Crippen LogP contribution in [0, 0.1) is 12.7 Å². The molecule has 0 saturated carbocycles. The van der Waals surface area contributed by atoms with Gasteiger partial charge in [-0.2, -0.15) is 4.98 Å². The lowest BCUT2D eigenvalue weighted by Gasteiger charge is -2.53. The molecule has 4 rings (SSSR count). The van der Waals surface area contributed by atoms with Gasteiger partial charge in [-0.1, -0.05) is 0 Å². The summed E-state index contributed by atoms with van der Waals surface area (Å²) in [5.74, 6) is 0.985. The van der Waals surface area contributed by atoms with E-state index in [4.69, 9.17) is 0 Å². The van der Waals surface area contributed by atoms with Crippen LogP contribution in [0.1, 0.15) is 46.4 Å². The Labute approximate surface area is 176 Å². The normalized spacial score (nSPS) is 19.2. The molecule has 1 aliphatic heterocycles. The van der Waals surface area contributed by atoms with Crippen molar-refractivity contribution in [3.63, 3.8) is 0 Å². The van der Waals surface area contributed by atoms with E-state index in [1.165, 1.54) is 6.20 Å². The zero-order chi connectivity index (χ0) is 21.7. The molecule has 0 aliphatic carbocycles. The number of halogens is 1. The van der Waals surface area contributed by atoms with Gasteiger partial charge >= 0.3 is 0 Å². The molecule has 3 N–H and O–H groups in total. The molecule has 1 aliphatic rings. The van der Waals surface area contributed by atoms with E-state index in [0.29, 0.717) is 5.95 Å². The van der Waals surface area contributed by atoms with E-state index in [9.17, 15) is 4.39 Å². The molecule has 2 aromatic heterocycles. The van der Waals surface area contributed by atoms with Crippen LogP contribution in [0.3, 0.4) is 0 Å². The summed E-state index contributed by atoms with van der Waals surface area (Å²) < 4.78 is 14.5. The van der Waals surface area contributed by atoms with Crippen molar-refractivity contribution in [2.45, 2.75) is 64.6 Å². The van der Waals surface area contributed by atoms with Crippen LogP contribution in [0.2, 0.25) is 0 Å². The van der Waals surface area contributed by atoms with Gasteiger partial charge in [-0.05, 0) is 72.7 Å². The Morgan fingerprint density at radius 1 is 1.13 bits per heavy atom. The minimum absolute atomic E-state index is 0.00161. The number of imidazole rings is 1. The van der Waals surface area contributed by atoms with Crippen molar-refractivity contribution in [2.24, 2.45) is 0 Å². The molecule has 3 aromatic rings. The number of fused-ring (bicyclic) bond motifs is 1. The first-order valence-corrected chi connectivity index (χ1v) is 10.3. The van der Waals surface area contributed by atoms with Gasteiger partial charge < -0.3 is 15.6 Å². The van der Waals surface area contributed by atoms with Gasteiger partial charge in [0.2, 0.25) is 5.95 Å². The Kier molecular flexibility index (Phi) is 4.92. The van der Waals surface area contributed by atoms with Crippen LogP contribution in [0.25, 0.3) is 11.0 Å². The monoisotopic (exact) mass is 411 g/mol. The first-order chi connectivity index (χ1) is 14.0.